The van der Waals surface area contributed by atoms with Crippen LogP contribution in [0.5, 0.6) is 0 Å². The Balaban J connectivity index is 1.77. The zero-order valence-electron chi connectivity index (χ0n) is 15.0. The van der Waals surface area contributed by atoms with Gasteiger partial charge in [0.05, 0.1) is 34.9 Å². The molecule has 0 aliphatic carbocycles. The van der Waals surface area contributed by atoms with Crippen molar-refractivity contribution in [2.45, 2.75) is 13.0 Å². The minimum atomic E-state index is -0.672. The third-order valence-corrected chi connectivity index (χ3v) is 5.26. The van der Waals surface area contributed by atoms with E-state index in [0.29, 0.717) is 19.8 Å². The van der Waals surface area contributed by atoms with Crippen LogP contribution >= 0.6 is 23.2 Å². The fraction of sp³-hybridized carbons (Fsp3) is 0.350. The SMILES string of the molecule is Cc1ccc(C(CNC(=O)c2cc(F)c(Cl)cc2Cl)N2CCOCC2)cc1. The third kappa shape index (κ3) is 4.99. The van der Waals surface area contributed by atoms with Gasteiger partial charge in [-0.15, -0.1) is 0 Å². The number of halogens is 3. The lowest BCUT2D eigenvalue weighted by molar-refractivity contribution is 0.0162. The molecular weight excluding hydrogens is 390 g/mol. The number of aryl methyl sites for hydroxylation is 1. The van der Waals surface area contributed by atoms with Gasteiger partial charge in [0.1, 0.15) is 5.82 Å². The molecule has 4 nitrogen and oxygen atoms in total. The number of nitrogens with one attached hydrogen (secondary N) is 1. The van der Waals surface area contributed by atoms with Crippen molar-refractivity contribution in [3.8, 4) is 0 Å². The molecule has 1 fully saturated rings. The highest BCUT2D eigenvalue weighted by Gasteiger charge is 2.24. The lowest BCUT2D eigenvalue weighted by Crippen LogP contribution is -2.43. The zero-order valence-corrected chi connectivity index (χ0v) is 16.5. The Labute approximate surface area is 168 Å². The summed E-state index contributed by atoms with van der Waals surface area (Å²) in [6.45, 7) is 5.29. The number of carbonyl (C=O) groups excluding carboxylic acids is 1. The van der Waals surface area contributed by atoms with E-state index in [-0.39, 0.29) is 21.7 Å². The van der Waals surface area contributed by atoms with Crippen molar-refractivity contribution in [3.05, 3.63) is 69.0 Å². The number of hydrogen-bond acceptors (Lipinski definition) is 3. The van der Waals surface area contributed by atoms with E-state index in [9.17, 15) is 9.18 Å². The van der Waals surface area contributed by atoms with Gasteiger partial charge in [-0.25, -0.2) is 4.39 Å². The van der Waals surface area contributed by atoms with Gasteiger partial charge in [0, 0.05) is 19.6 Å². The summed E-state index contributed by atoms with van der Waals surface area (Å²) in [5.74, 6) is -1.10. The molecule has 0 radical (unpaired) electrons. The maximum absolute atomic E-state index is 13.7. The summed E-state index contributed by atoms with van der Waals surface area (Å²) in [4.78, 5) is 14.8. The van der Waals surface area contributed by atoms with Crippen LogP contribution in [0.4, 0.5) is 4.39 Å². The predicted octanol–water partition coefficient (Wildman–Crippen LogP) is 4.24. The number of amides is 1. The Kier molecular flexibility index (Phi) is 6.71. The molecule has 0 aromatic heterocycles. The molecule has 0 spiro atoms. The second-order valence-electron chi connectivity index (χ2n) is 6.53. The standard InChI is InChI=1S/C20H21Cl2FN2O2/c1-13-2-4-14(5-3-13)19(25-6-8-27-9-7-25)12-24-20(26)15-10-18(23)17(22)11-16(15)21/h2-5,10-11,19H,6-9,12H2,1H3,(H,24,26). The maximum Gasteiger partial charge on any atom is 0.252 e. The van der Waals surface area contributed by atoms with Gasteiger partial charge in [0.25, 0.3) is 5.91 Å². The minimum absolute atomic E-state index is 0.00521. The quantitative estimate of drug-likeness (QED) is 0.749. The van der Waals surface area contributed by atoms with E-state index < -0.39 is 11.7 Å². The Hall–Kier alpha value is -1.66. The molecule has 3 rings (SSSR count). The van der Waals surface area contributed by atoms with Crippen LogP contribution in [0.25, 0.3) is 0 Å². The van der Waals surface area contributed by atoms with E-state index in [4.69, 9.17) is 27.9 Å². The lowest BCUT2D eigenvalue weighted by atomic mass is 10.0. The molecular formula is C20H21Cl2FN2O2. The van der Waals surface area contributed by atoms with Gasteiger partial charge in [-0.3, -0.25) is 9.69 Å². The molecule has 0 saturated carbocycles. The van der Waals surface area contributed by atoms with E-state index in [0.717, 1.165) is 24.7 Å². The number of morpholine rings is 1. The van der Waals surface area contributed by atoms with Crippen LogP contribution in [0.3, 0.4) is 0 Å². The van der Waals surface area contributed by atoms with Crippen LogP contribution in [0, 0.1) is 12.7 Å². The van der Waals surface area contributed by atoms with Gasteiger partial charge in [-0.05, 0) is 24.6 Å². The first kappa shape index (κ1) is 20.1. The lowest BCUT2D eigenvalue weighted by Gasteiger charge is -2.35. The normalized spacial score (nSPS) is 16.1. The number of hydrogen-bond donors (Lipinski definition) is 1. The number of carbonyl (C=O) groups is 1. The molecule has 1 amide bonds. The molecule has 1 aliphatic rings. The number of nitrogens with zero attached hydrogens (tertiary/aromatic N) is 1. The summed E-state index contributed by atoms with van der Waals surface area (Å²) in [7, 11) is 0. The molecule has 7 heteroatoms. The molecule has 144 valence electrons. The van der Waals surface area contributed by atoms with Crippen molar-refractivity contribution in [3.63, 3.8) is 0 Å². The summed E-state index contributed by atoms with van der Waals surface area (Å²) in [5.41, 5.74) is 2.35. The van der Waals surface area contributed by atoms with Crippen molar-refractivity contribution in [1.29, 1.82) is 0 Å². The summed E-state index contributed by atoms with van der Waals surface area (Å²) in [5, 5.41) is 2.89. The molecule has 1 atom stereocenters. The molecule has 2 aromatic carbocycles. The second kappa shape index (κ2) is 9.02. The third-order valence-electron chi connectivity index (χ3n) is 4.66. The first-order chi connectivity index (χ1) is 13.0. The van der Waals surface area contributed by atoms with Crippen LogP contribution in [-0.2, 0) is 4.74 Å². The molecule has 1 unspecified atom stereocenters. The fourth-order valence-electron chi connectivity index (χ4n) is 3.12. The van der Waals surface area contributed by atoms with Gasteiger partial charge in [0.2, 0.25) is 0 Å². The smallest absolute Gasteiger partial charge is 0.252 e. The molecule has 2 aromatic rings. The van der Waals surface area contributed by atoms with Gasteiger partial charge in [-0.1, -0.05) is 53.0 Å². The summed E-state index contributed by atoms with van der Waals surface area (Å²) >= 11 is 11.8. The van der Waals surface area contributed by atoms with E-state index in [1.807, 2.05) is 6.92 Å². The molecule has 1 saturated heterocycles. The molecule has 1 aliphatic heterocycles. The maximum atomic E-state index is 13.7. The van der Waals surface area contributed by atoms with Crippen molar-refractivity contribution < 1.29 is 13.9 Å². The number of benzene rings is 2. The largest absolute Gasteiger partial charge is 0.379 e. The fourth-order valence-corrected chi connectivity index (χ4v) is 3.59. The Morgan fingerprint density at radius 2 is 1.85 bits per heavy atom. The van der Waals surface area contributed by atoms with E-state index in [1.165, 1.54) is 11.6 Å². The predicted molar refractivity (Wildman–Crippen MR) is 105 cm³/mol. The summed E-state index contributed by atoms with van der Waals surface area (Å²) in [6, 6.07) is 10.5. The molecule has 27 heavy (non-hydrogen) atoms. The number of rotatable bonds is 5. The minimum Gasteiger partial charge on any atom is -0.379 e. The highest BCUT2D eigenvalue weighted by atomic mass is 35.5. The molecule has 0 bridgehead atoms. The van der Waals surface area contributed by atoms with Crippen LogP contribution in [-0.4, -0.2) is 43.7 Å². The van der Waals surface area contributed by atoms with E-state index in [1.54, 1.807) is 0 Å². The average Bonchev–Trinajstić information content (AvgIpc) is 2.67. The van der Waals surface area contributed by atoms with E-state index >= 15 is 0 Å². The molecule has 1 N–H and O–H groups in total. The second-order valence-corrected chi connectivity index (χ2v) is 7.35. The van der Waals surface area contributed by atoms with Crippen LogP contribution in [0.15, 0.2) is 36.4 Å². The average molecular weight is 411 g/mol. The van der Waals surface area contributed by atoms with Crippen molar-refractivity contribution >= 4 is 29.1 Å². The van der Waals surface area contributed by atoms with Crippen LogP contribution in [0.2, 0.25) is 10.0 Å². The Bertz CT molecular complexity index is 808. The Morgan fingerprint density at radius 1 is 1.19 bits per heavy atom. The van der Waals surface area contributed by atoms with Crippen LogP contribution < -0.4 is 5.32 Å². The van der Waals surface area contributed by atoms with Crippen molar-refractivity contribution in [2.24, 2.45) is 0 Å². The first-order valence-corrected chi connectivity index (χ1v) is 9.52. The van der Waals surface area contributed by atoms with Crippen molar-refractivity contribution in [2.75, 3.05) is 32.8 Å². The van der Waals surface area contributed by atoms with Gasteiger partial charge in [-0.2, -0.15) is 0 Å². The highest BCUT2D eigenvalue weighted by Crippen LogP contribution is 2.25. The van der Waals surface area contributed by atoms with Gasteiger partial charge < -0.3 is 10.1 Å². The monoisotopic (exact) mass is 410 g/mol. The van der Waals surface area contributed by atoms with Gasteiger partial charge in [0.15, 0.2) is 0 Å². The van der Waals surface area contributed by atoms with Gasteiger partial charge >= 0.3 is 0 Å². The van der Waals surface area contributed by atoms with Crippen LogP contribution in [0.1, 0.15) is 27.5 Å². The van der Waals surface area contributed by atoms with E-state index in [2.05, 4.69) is 34.5 Å². The highest BCUT2D eigenvalue weighted by molar-refractivity contribution is 6.36. The number of ether oxygens (including phenoxy) is 1. The summed E-state index contributed by atoms with van der Waals surface area (Å²) < 4.78 is 19.2. The topological polar surface area (TPSA) is 41.6 Å². The summed E-state index contributed by atoms with van der Waals surface area (Å²) in [6.07, 6.45) is 0. The first-order valence-electron chi connectivity index (χ1n) is 8.77. The Morgan fingerprint density at radius 3 is 2.52 bits per heavy atom. The molecule has 1 heterocycles. The zero-order chi connectivity index (χ0) is 19.4. The van der Waals surface area contributed by atoms with Crippen molar-refractivity contribution in [1.82, 2.24) is 10.2 Å².